The third-order valence-electron chi connectivity index (χ3n) is 8.16. The first-order chi connectivity index (χ1) is 20.7. The molecule has 0 bridgehead atoms. The van der Waals surface area contributed by atoms with Crippen LogP contribution in [-0.4, -0.2) is 134 Å². The number of unbranched alkanes of at least 4 members (excludes halogenated alkanes) is 11. The number of hydrogen-bond acceptors (Lipinski definition) is 13. The SMILES string of the molecule is CCCCCCCCCCCCC/C=C/[C@H](O)[C@H](N)CO[C@@H]1O[C@H](CO)[C@H](O[C@@H]2O[C@@H](CO)[C@H](O)[C@@H](O)[C@@H]2O)[C@H](O)[C@H]1O. The molecule has 0 saturated carbocycles. The Bertz CT molecular complexity index is 744. The number of allylic oxidation sites excluding steroid dienone is 1. The average Bonchev–Trinajstić information content (AvgIpc) is 3.01. The predicted molar refractivity (Wildman–Crippen MR) is 157 cm³/mol. The van der Waals surface area contributed by atoms with Gasteiger partial charge in [0.05, 0.1) is 32.0 Å². The van der Waals surface area contributed by atoms with E-state index in [0.29, 0.717) is 0 Å². The standard InChI is InChI=1S/C30H57NO12/c1-2-3-4-5-6-7-8-9-10-11-12-13-14-15-20(34)19(31)18-40-29-27(39)25(37)28(22(17-33)42-29)43-30-26(38)24(36)23(35)21(16-32)41-30/h14-15,19-30,32-39H,2-13,16-18,31H2,1H3/b15-14+/t19-,20+,21+,22-,23+,24-,25-,26+,27-,28+,29-,30+/m1/s1. The third-order valence-corrected chi connectivity index (χ3v) is 8.16. The summed E-state index contributed by atoms with van der Waals surface area (Å²) in [5.41, 5.74) is 6.04. The van der Waals surface area contributed by atoms with Crippen molar-refractivity contribution in [1.29, 1.82) is 0 Å². The van der Waals surface area contributed by atoms with E-state index in [2.05, 4.69) is 6.92 Å². The maximum atomic E-state index is 10.7. The van der Waals surface area contributed by atoms with Crippen molar-refractivity contribution in [3.05, 3.63) is 12.2 Å². The van der Waals surface area contributed by atoms with Crippen molar-refractivity contribution < 1.29 is 59.8 Å². The van der Waals surface area contributed by atoms with E-state index in [1.165, 1.54) is 57.8 Å². The Morgan fingerprint density at radius 3 is 1.81 bits per heavy atom. The van der Waals surface area contributed by atoms with Crippen molar-refractivity contribution in [3.63, 3.8) is 0 Å². The molecule has 0 unspecified atom stereocenters. The van der Waals surface area contributed by atoms with E-state index < -0.39 is 86.8 Å². The third kappa shape index (κ3) is 12.5. The molecule has 13 heteroatoms. The van der Waals surface area contributed by atoms with Crippen molar-refractivity contribution >= 4 is 0 Å². The van der Waals surface area contributed by atoms with Crippen molar-refractivity contribution in [2.75, 3.05) is 19.8 Å². The van der Waals surface area contributed by atoms with Crippen molar-refractivity contribution in [2.45, 2.75) is 158 Å². The molecule has 0 aromatic heterocycles. The zero-order valence-electron chi connectivity index (χ0n) is 25.5. The van der Waals surface area contributed by atoms with Crippen LogP contribution in [0.2, 0.25) is 0 Å². The van der Waals surface area contributed by atoms with E-state index in [9.17, 15) is 40.9 Å². The molecule has 12 atom stereocenters. The van der Waals surface area contributed by atoms with E-state index in [4.69, 9.17) is 24.7 Å². The van der Waals surface area contributed by atoms with Crippen molar-refractivity contribution in [2.24, 2.45) is 5.73 Å². The summed E-state index contributed by atoms with van der Waals surface area (Å²) in [7, 11) is 0. The summed E-state index contributed by atoms with van der Waals surface area (Å²) in [6.07, 6.45) is 1.80. The number of ether oxygens (including phenoxy) is 4. The van der Waals surface area contributed by atoms with Gasteiger partial charge in [-0.25, -0.2) is 0 Å². The first-order valence-corrected chi connectivity index (χ1v) is 16.0. The molecule has 254 valence electrons. The quantitative estimate of drug-likeness (QED) is 0.0585. The second-order valence-corrected chi connectivity index (χ2v) is 11.7. The van der Waals surface area contributed by atoms with E-state index in [1.807, 2.05) is 6.08 Å². The van der Waals surface area contributed by atoms with Gasteiger partial charge in [-0.1, -0.05) is 83.3 Å². The Kier molecular flexibility index (Phi) is 18.8. The molecule has 2 aliphatic heterocycles. The van der Waals surface area contributed by atoms with Crippen LogP contribution in [0.1, 0.15) is 84.0 Å². The fraction of sp³-hybridized carbons (Fsp3) is 0.933. The van der Waals surface area contributed by atoms with Crippen LogP contribution in [0, 0.1) is 0 Å². The van der Waals surface area contributed by atoms with Crippen molar-refractivity contribution in [1.82, 2.24) is 0 Å². The second-order valence-electron chi connectivity index (χ2n) is 11.7. The smallest absolute Gasteiger partial charge is 0.187 e. The molecule has 2 aliphatic rings. The molecule has 2 saturated heterocycles. The number of aliphatic hydroxyl groups excluding tert-OH is 8. The first-order valence-electron chi connectivity index (χ1n) is 16.0. The van der Waals surface area contributed by atoms with Gasteiger partial charge in [0.15, 0.2) is 12.6 Å². The molecule has 0 amide bonds. The summed E-state index contributed by atoms with van der Waals surface area (Å²) < 4.78 is 21.9. The number of hydrogen-bond donors (Lipinski definition) is 9. The van der Waals surface area contributed by atoms with E-state index in [1.54, 1.807) is 6.08 Å². The topological polar surface area (TPSA) is 225 Å². The Morgan fingerprint density at radius 1 is 0.698 bits per heavy atom. The van der Waals surface area contributed by atoms with Crippen LogP contribution >= 0.6 is 0 Å². The summed E-state index contributed by atoms with van der Waals surface area (Å²) >= 11 is 0. The van der Waals surface area contributed by atoms with E-state index in [0.717, 1.165) is 19.3 Å². The number of aliphatic hydroxyl groups is 8. The maximum Gasteiger partial charge on any atom is 0.187 e. The molecule has 43 heavy (non-hydrogen) atoms. The van der Waals surface area contributed by atoms with Crippen LogP contribution in [0.15, 0.2) is 12.2 Å². The zero-order valence-corrected chi connectivity index (χ0v) is 25.5. The first kappa shape index (κ1) is 38.4. The minimum absolute atomic E-state index is 0.227. The summed E-state index contributed by atoms with van der Waals surface area (Å²) in [6.45, 7) is 0.641. The Balaban J connectivity index is 1.70. The Labute approximate surface area is 255 Å². The number of rotatable bonds is 21. The molecule has 0 radical (unpaired) electrons. The van der Waals surface area contributed by atoms with Crippen molar-refractivity contribution in [3.8, 4) is 0 Å². The van der Waals surface area contributed by atoms with Gasteiger partial charge in [-0.2, -0.15) is 0 Å². The number of nitrogens with two attached hydrogens (primary N) is 1. The molecular weight excluding hydrogens is 566 g/mol. The van der Waals surface area contributed by atoms with Crippen LogP contribution in [0.3, 0.4) is 0 Å². The van der Waals surface area contributed by atoms with Gasteiger partial charge in [-0.05, 0) is 12.8 Å². The zero-order chi connectivity index (χ0) is 31.8. The lowest BCUT2D eigenvalue weighted by molar-refractivity contribution is -0.359. The average molecular weight is 624 g/mol. The lowest BCUT2D eigenvalue weighted by atomic mass is 9.97. The van der Waals surface area contributed by atoms with Gasteiger partial charge in [0.1, 0.15) is 48.8 Å². The molecule has 13 nitrogen and oxygen atoms in total. The van der Waals surface area contributed by atoms with Gasteiger partial charge in [0.25, 0.3) is 0 Å². The summed E-state index contributed by atoms with van der Waals surface area (Å²) in [5, 5.41) is 81.0. The highest BCUT2D eigenvalue weighted by molar-refractivity contribution is 4.96. The molecule has 0 aliphatic carbocycles. The molecule has 0 aromatic rings. The van der Waals surface area contributed by atoms with Gasteiger partial charge in [-0.15, -0.1) is 0 Å². The normalized spacial score (nSPS) is 34.9. The van der Waals surface area contributed by atoms with Crippen LogP contribution < -0.4 is 5.73 Å². The van der Waals surface area contributed by atoms with Gasteiger partial charge in [-0.3, -0.25) is 0 Å². The molecule has 2 fully saturated rings. The molecule has 0 spiro atoms. The van der Waals surface area contributed by atoms with Crippen LogP contribution in [-0.2, 0) is 18.9 Å². The van der Waals surface area contributed by atoms with Crippen LogP contribution in [0.4, 0.5) is 0 Å². The molecular formula is C30H57NO12. The molecule has 10 N–H and O–H groups in total. The minimum atomic E-state index is -1.75. The minimum Gasteiger partial charge on any atom is -0.394 e. The van der Waals surface area contributed by atoms with Gasteiger partial charge >= 0.3 is 0 Å². The Morgan fingerprint density at radius 2 is 1.23 bits per heavy atom. The monoisotopic (exact) mass is 623 g/mol. The maximum absolute atomic E-state index is 10.7. The van der Waals surface area contributed by atoms with Crippen LogP contribution in [0.5, 0.6) is 0 Å². The van der Waals surface area contributed by atoms with Crippen LogP contribution in [0.25, 0.3) is 0 Å². The molecule has 2 rings (SSSR count). The van der Waals surface area contributed by atoms with Gasteiger partial charge in [0, 0.05) is 0 Å². The highest BCUT2D eigenvalue weighted by Crippen LogP contribution is 2.29. The largest absolute Gasteiger partial charge is 0.394 e. The predicted octanol–water partition coefficient (Wildman–Crippen LogP) is -0.427. The summed E-state index contributed by atoms with van der Waals surface area (Å²) in [6, 6.07) is -0.850. The second kappa shape index (κ2) is 21.1. The van der Waals surface area contributed by atoms with E-state index >= 15 is 0 Å². The lowest BCUT2D eigenvalue weighted by Crippen LogP contribution is -2.64. The summed E-state index contributed by atoms with van der Waals surface area (Å²) in [5.74, 6) is 0. The van der Waals surface area contributed by atoms with E-state index in [-0.39, 0.29) is 6.61 Å². The molecule has 2 heterocycles. The highest BCUT2D eigenvalue weighted by Gasteiger charge is 2.50. The van der Waals surface area contributed by atoms with Gasteiger partial charge in [0.2, 0.25) is 0 Å². The lowest BCUT2D eigenvalue weighted by Gasteiger charge is -2.46. The fourth-order valence-corrected chi connectivity index (χ4v) is 5.30. The highest BCUT2D eigenvalue weighted by atomic mass is 16.7. The van der Waals surface area contributed by atoms with Gasteiger partial charge < -0.3 is 65.5 Å². The fourth-order valence-electron chi connectivity index (χ4n) is 5.30. The molecule has 0 aromatic carbocycles. The Hall–Kier alpha value is -0.780. The summed E-state index contributed by atoms with van der Waals surface area (Å²) in [4.78, 5) is 0.